The molecule has 1 aliphatic rings. The molecule has 0 fully saturated rings. The van der Waals surface area contributed by atoms with Crippen molar-refractivity contribution in [1.82, 2.24) is 19.3 Å². The molecule has 0 saturated carbocycles. The standard InChI is InChI=1S/C25H28N5O5.C2HF3O2/c1-26(2)22(31)14-28-19-11-10-16(35-5)12-20(19)29(15-23(32)27(3)4)21(28)13-30-24(33)17-8-6-7-9-18(17)25(30)34;3-2(4,5)1(6)7/h6-12H,13-15H2,1-5H3;(H,6,7)/q+1;/p-1. The number of fused-ring (bicyclic) bond motifs is 2. The van der Waals surface area contributed by atoms with Gasteiger partial charge in [0.05, 0.1) is 18.2 Å². The first-order valence-electron chi connectivity index (χ1n) is 12.3. The molecule has 0 bridgehead atoms. The number of hydrogen-bond donors (Lipinski definition) is 0. The highest BCUT2D eigenvalue weighted by molar-refractivity contribution is 6.21. The van der Waals surface area contributed by atoms with Crippen molar-refractivity contribution in [3.05, 3.63) is 59.4 Å². The molecule has 42 heavy (non-hydrogen) atoms. The highest BCUT2D eigenvalue weighted by Crippen LogP contribution is 2.27. The molecule has 0 spiro atoms. The van der Waals surface area contributed by atoms with Crippen LogP contribution in [0.4, 0.5) is 13.2 Å². The van der Waals surface area contributed by atoms with Crippen LogP contribution in [0.1, 0.15) is 26.5 Å². The van der Waals surface area contributed by atoms with Crippen LogP contribution < -0.4 is 14.4 Å². The molecule has 0 atom stereocenters. The molecule has 0 N–H and O–H groups in total. The number of halogens is 3. The van der Waals surface area contributed by atoms with Gasteiger partial charge in [-0.05, 0) is 24.3 Å². The maximum absolute atomic E-state index is 13.1. The number of hydrogen-bond acceptors (Lipinski definition) is 7. The lowest BCUT2D eigenvalue weighted by Gasteiger charge is -2.15. The molecule has 0 unspecified atom stereocenters. The van der Waals surface area contributed by atoms with E-state index in [2.05, 4.69) is 0 Å². The fourth-order valence-electron chi connectivity index (χ4n) is 4.10. The molecule has 12 nitrogen and oxygen atoms in total. The van der Waals surface area contributed by atoms with Crippen LogP contribution in [0.2, 0.25) is 0 Å². The van der Waals surface area contributed by atoms with Crippen molar-refractivity contribution in [3.63, 3.8) is 0 Å². The van der Waals surface area contributed by atoms with Crippen LogP contribution in [0.25, 0.3) is 11.0 Å². The van der Waals surface area contributed by atoms with E-state index in [9.17, 15) is 32.3 Å². The van der Waals surface area contributed by atoms with Crippen LogP contribution in [0.3, 0.4) is 0 Å². The number of methoxy groups -OCH3 is 1. The van der Waals surface area contributed by atoms with Crippen molar-refractivity contribution in [2.45, 2.75) is 25.8 Å². The van der Waals surface area contributed by atoms with Gasteiger partial charge < -0.3 is 24.4 Å². The van der Waals surface area contributed by atoms with E-state index >= 15 is 0 Å². The highest BCUT2D eigenvalue weighted by Gasteiger charge is 2.39. The predicted octanol–water partition coefficient (Wildman–Crippen LogP) is 0.209. The Labute approximate surface area is 238 Å². The summed E-state index contributed by atoms with van der Waals surface area (Å²) in [5.41, 5.74) is 2.00. The molecule has 4 rings (SSSR count). The lowest BCUT2D eigenvalue weighted by atomic mass is 10.1. The number of alkyl halides is 3. The molecule has 1 aliphatic heterocycles. The van der Waals surface area contributed by atoms with Crippen molar-refractivity contribution >= 4 is 40.6 Å². The molecule has 0 aliphatic carbocycles. The summed E-state index contributed by atoms with van der Waals surface area (Å²) in [5.74, 6) is -3.13. The average molecular weight is 592 g/mol. The van der Waals surface area contributed by atoms with Gasteiger partial charge in [0.1, 0.15) is 18.3 Å². The second-order valence-electron chi connectivity index (χ2n) is 9.55. The molecule has 4 amide bonds. The second kappa shape index (κ2) is 12.3. The number of carboxylic acid groups (broad SMARTS) is 1. The molecular weight excluding hydrogens is 563 g/mol. The molecule has 224 valence electrons. The fourth-order valence-corrected chi connectivity index (χ4v) is 4.10. The number of carbonyl (C=O) groups is 5. The van der Waals surface area contributed by atoms with Crippen molar-refractivity contribution in [1.29, 1.82) is 0 Å². The van der Waals surface area contributed by atoms with E-state index in [4.69, 9.17) is 14.6 Å². The summed E-state index contributed by atoms with van der Waals surface area (Å²) in [6.07, 6.45) is -5.19. The molecule has 15 heteroatoms. The molecule has 0 radical (unpaired) electrons. The number of carbonyl (C=O) groups excluding carboxylic acids is 5. The third kappa shape index (κ3) is 6.50. The van der Waals surface area contributed by atoms with Crippen molar-refractivity contribution < 1.29 is 51.6 Å². The van der Waals surface area contributed by atoms with Gasteiger partial charge in [0.15, 0.2) is 24.1 Å². The third-order valence-corrected chi connectivity index (χ3v) is 6.38. The van der Waals surface area contributed by atoms with E-state index in [1.165, 1.54) is 9.80 Å². The van der Waals surface area contributed by atoms with Crippen molar-refractivity contribution in [2.24, 2.45) is 0 Å². The Morgan fingerprint density at radius 2 is 1.45 bits per heavy atom. The van der Waals surface area contributed by atoms with Crippen molar-refractivity contribution in [3.8, 4) is 5.75 Å². The number of aromatic nitrogens is 2. The van der Waals surface area contributed by atoms with Gasteiger partial charge in [-0.15, -0.1) is 0 Å². The summed E-state index contributed by atoms with van der Waals surface area (Å²) in [6, 6.07) is 12.0. The Bertz CT molecular complexity index is 1530. The van der Waals surface area contributed by atoms with E-state index < -0.39 is 24.0 Å². The zero-order chi connectivity index (χ0) is 31.5. The van der Waals surface area contributed by atoms with Crippen LogP contribution in [0.15, 0.2) is 42.5 Å². The molecule has 3 aromatic rings. The Morgan fingerprint density at radius 3 is 1.90 bits per heavy atom. The SMILES string of the molecule is COc1ccc2c(c1)n(CC(=O)N(C)C)c(CN1C(=O)c3ccccc3C1=O)[n+]2CC(=O)N(C)C.O=C([O-])C(F)(F)F. The number of amides is 4. The number of ether oxygens (including phenoxy) is 1. The number of imidazole rings is 1. The lowest BCUT2D eigenvalue weighted by molar-refractivity contribution is -0.668. The number of likely N-dealkylation sites (N-methyl/N-ethyl adjacent to an activating group) is 2. The van der Waals surface area contributed by atoms with E-state index in [1.807, 2.05) is 0 Å². The smallest absolute Gasteiger partial charge is 0.430 e. The van der Waals surface area contributed by atoms with Crippen LogP contribution in [0, 0.1) is 0 Å². The number of aliphatic carboxylic acids is 1. The first kappa shape index (κ1) is 31.6. The minimum absolute atomic E-state index is 0.0303. The summed E-state index contributed by atoms with van der Waals surface area (Å²) in [4.78, 5) is 64.7. The van der Waals surface area contributed by atoms with Gasteiger partial charge in [-0.1, -0.05) is 12.1 Å². The maximum atomic E-state index is 13.1. The zero-order valence-corrected chi connectivity index (χ0v) is 23.4. The highest BCUT2D eigenvalue weighted by atomic mass is 19.4. The van der Waals surface area contributed by atoms with Crippen LogP contribution >= 0.6 is 0 Å². The zero-order valence-electron chi connectivity index (χ0n) is 23.4. The monoisotopic (exact) mass is 591 g/mol. The van der Waals surface area contributed by atoms with Gasteiger partial charge in [-0.2, -0.15) is 13.2 Å². The predicted molar refractivity (Wildman–Crippen MR) is 138 cm³/mol. The van der Waals surface area contributed by atoms with E-state index in [1.54, 1.807) is 86.9 Å². The quantitative estimate of drug-likeness (QED) is 0.283. The second-order valence-corrected chi connectivity index (χ2v) is 9.55. The number of imide groups is 1. The normalized spacial score (nSPS) is 12.5. The average Bonchev–Trinajstić information content (AvgIpc) is 3.34. The lowest BCUT2D eigenvalue weighted by Crippen LogP contribution is -2.47. The van der Waals surface area contributed by atoms with Gasteiger partial charge in [0.2, 0.25) is 0 Å². The number of benzene rings is 2. The largest absolute Gasteiger partial charge is 0.542 e. The molecule has 1 aromatic heterocycles. The van der Waals surface area contributed by atoms with Gasteiger partial charge in [0, 0.05) is 34.3 Å². The number of carboxylic acids is 1. The van der Waals surface area contributed by atoms with Crippen LogP contribution in [-0.2, 0) is 34.0 Å². The first-order valence-corrected chi connectivity index (χ1v) is 12.3. The molecule has 2 heterocycles. The Morgan fingerprint density at radius 1 is 0.929 bits per heavy atom. The van der Waals surface area contributed by atoms with Gasteiger partial charge in [-0.25, -0.2) is 9.13 Å². The Balaban J connectivity index is 0.000000616. The Hall–Kier alpha value is -4.95. The van der Waals surface area contributed by atoms with E-state index in [0.717, 1.165) is 4.90 Å². The molecular formula is C27H28F3N5O7. The summed E-state index contributed by atoms with van der Waals surface area (Å²) in [6.45, 7) is -0.180. The van der Waals surface area contributed by atoms with E-state index in [0.29, 0.717) is 33.7 Å². The third-order valence-electron chi connectivity index (χ3n) is 6.38. The first-order chi connectivity index (χ1) is 19.6. The molecule has 2 aromatic carbocycles. The number of rotatable bonds is 7. The summed E-state index contributed by atoms with van der Waals surface area (Å²) >= 11 is 0. The summed E-state index contributed by atoms with van der Waals surface area (Å²) in [5, 5.41) is 8.78. The van der Waals surface area contributed by atoms with Gasteiger partial charge in [-0.3, -0.25) is 24.1 Å². The van der Waals surface area contributed by atoms with E-state index in [-0.39, 0.29) is 31.4 Å². The van der Waals surface area contributed by atoms with Gasteiger partial charge in [0.25, 0.3) is 29.5 Å². The van der Waals surface area contributed by atoms with Crippen molar-refractivity contribution in [2.75, 3.05) is 35.3 Å². The maximum Gasteiger partial charge on any atom is 0.430 e. The fraction of sp³-hybridized carbons (Fsp3) is 0.333. The molecule has 0 saturated heterocycles. The topological polar surface area (TPSA) is 136 Å². The van der Waals surface area contributed by atoms with Crippen LogP contribution in [-0.4, -0.2) is 90.3 Å². The number of nitrogens with zero attached hydrogens (tertiary/aromatic N) is 5. The Kier molecular flexibility index (Phi) is 9.23. The summed E-state index contributed by atoms with van der Waals surface area (Å²) < 4.78 is 40.4. The summed E-state index contributed by atoms with van der Waals surface area (Å²) in [7, 11) is 8.17. The minimum Gasteiger partial charge on any atom is -0.542 e. The van der Waals surface area contributed by atoms with Gasteiger partial charge >= 0.3 is 6.18 Å². The van der Waals surface area contributed by atoms with Crippen LogP contribution in [0.5, 0.6) is 5.75 Å². The minimum atomic E-state index is -5.19.